The van der Waals surface area contributed by atoms with Gasteiger partial charge in [-0.2, -0.15) is 41.3 Å². The monoisotopic (exact) mass is 467 g/mol. The van der Waals surface area contributed by atoms with Gasteiger partial charge in [0.25, 0.3) is 0 Å². The van der Waals surface area contributed by atoms with E-state index in [1.54, 1.807) is 4.90 Å². The minimum atomic E-state index is -4.67. The van der Waals surface area contributed by atoms with E-state index in [9.17, 15) is 26.3 Å². The number of aromatic nitrogens is 5. The average molecular weight is 467 g/mol. The Labute approximate surface area is 183 Å². The van der Waals surface area contributed by atoms with Crippen molar-refractivity contribution in [3.63, 3.8) is 0 Å². The number of hydrogen-bond acceptors (Lipinski definition) is 7. The van der Waals surface area contributed by atoms with Crippen molar-refractivity contribution in [1.82, 2.24) is 24.9 Å². The van der Waals surface area contributed by atoms with Crippen LogP contribution in [0.2, 0.25) is 0 Å². The Morgan fingerprint density at radius 3 is 2.33 bits per heavy atom. The van der Waals surface area contributed by atoms with Crippen LogP contribution in [0.25, 0.3) is 11.5 Å². The van der Waals surface area contributed by atoms with Crippen molar-refractivity contribution in [2.75, 3.05) is 23.3 Å². The number of pyridine rings is 2. The normalized spacial score (nSPS) is 14.4. The zero-order valence-corrected chi connectivity index (χ0v) is 16.7. The Morgan fingerprint density at radius 2 is 1.64 bits per heavy atom. The van der Waals surface area contributed by atoms with Crippen LogP contribution in [0, 0.1) is 0 Å². The molecule has 0 aromatic carbocycles. The van der Waals surface area contributed by atoms with Crippen LogP contribution in [0.1, 0.15) is 17.8 Å². The molecule has 3 aromatic heterocycles. The Bertz CT molecular complexity index is 1180. The minimum absolute atomic E-state index is 0.00373. The molecule has 1 N–H and O–H groups in total. The molecule has 0 saturated carbocycles. The summed E-state index contributed by atoms with van der Waals surface area (Å²) in [4.78, 5) is 21.3. The molecule has 0 amide bonds. The summed E-state index contributed by atoms with van der Waals surface area (Å²) in [6.07, 6.45) is -3.82. The molecule has 1 aliphatic heterocycles. The molecule has 0 atom stereocenters. The third-order valence-corrected chi connectivity index (χ3v) is 4.54. The second-order valence-corrected chi connectivity index (χ2v) is 6.95. The summed E-state index contributed by atoms with van der Waals surface area (Å²) in [6.45, 7) is 0.995. The third-order valence-electron chi connectivity index (χ3n) is 4.54. The maximum Gasteiger partial charge on any atom is 0.433 e. The molecular weight excluding hydrogens is 452 g/mol. The first kappa shape index (κ1) is 22.4. The molecule has 0 bridgehead atoms. The Hall–Kier alpha value is -3.77. The summed E-state index contributed by atoms with van der Waals surface area (Å²) >= 11 is 0. The SMILES string of the molecule is FC(F)(F)c1cc(Nc2nc(-c3cccc(C(F)(F)F)n3)nc(N3CC=CCC3)n2)ccn1. The summed E-state index contributed by atoms with van der Waals surface area (Å²) in [5, 5.41) is 2.65. The van der Waals surface area contributed by atoms with Crippen LogP contribution in [-0.2, 0) is 12.4 Å². The van der Waals surface area contributed by atoms with Gasteiger partial charge >= 0.3 is 12.4 Å². The molecule has 3 aromatic rings. The highest BCUT2D eigenvalue weighted by Gasteiger charge is 2.33. The zero-order valence-electron chi connectivity index (χ0n) is 16.7. The van der Waals surface area contributed by atoms with Gasteiger partial charge in [-0.3, -0.25) is 4.98 Å². The summed E-state index contributed by atoms with van der Waals surface area (Å²) in [7, 11) is 0. The highest BCUT2D eigenvalue weighted by atomic mass is 19.4. The zero-order chi connectivity index (χ0) is 23.6. The van der Waals surface area contributed by atoms with Crippen molar-refractivity contribution in [3.8, 4) is 11.5 Å². The number of alkyl halides is 6. The van der Waals surface area contributed by atoms with E-state index < -0.39 is 23.7 Å². The van der Waals surface area contributed by atoms with Crippen molar-refractivity contribution >= 4 is 17.6 Å². The fourth-order valence-corrected chi connectivity index (χ4v) is 3.01. The molecule has 0 radical (unpaired) electrons. The standard InChI is InChI=1S/C20H15F6N7/c21-19(22,23)14-6-4-5-13(29-14)16-30-17(32-18(31-16)33-9-2-1-3-10-33)28-12-7-8-27-15(11-12)20(24,25)26/h1-2,4-8,11H,3,9-10H2,(H,27,28,30,31,32). The minimum Gasteiger partial charge on any atom is -0.337 e. The molecule has 0 aliphatic carbocycles. The van der Waals surface area contributed by atoms with Crippen molar-refractivity contribution in [2.24, 2.45) is 0 Å². The third kappa shape index (κ3) is 5.35. The van der Waals surface area contributed by atoms with Gasteiger partial charge in [0.1, 0.15) is 17.1 Å². The predicted octanol–water partition coefficient (Wildman–Crippen LogP) is 4.88. The summed E-state index contributed by atoms with van der Waals surface area (Å²) in [5.74, 6) is -0.160. The molecule has 0 unspecified atom stereocenters. The van der Waals surface area contributed by atoms with E-state index in [0.717, 1.165) is 18.3 Å². The molecule has 0 saturated heterocycles. The maximum atomic E-state index is 13.1. The van der Waals surface area contributed by atoms with Crippen LogP contribution in [0.4, 0.5) is 43.9 Å². The largest absolute Gasteiger partial charge is 0.433 e. The van der Waals surface area contributed by atoms with Crippen molar-refractivity contribution in [3.05, 3.63) is 60.1 Å². The lowest BCUT2D eigenvalue weighted by Crippen LogP contribution is -2.29. The number of rotatable bonds is 4. The van der Waals surface area contributed by atoms with Gasteiger partial charge in [-0.1, -0.05) is 18.2 Å². The number of nitrogens with one attached hydrogen (secondary N) is 1. The lowest BCUT2D eigenvalue weighted by molar-refractivity contribution is -0.141. The summed E-state index contributed by atoms with van der Waals surface area (Å²) in [6, 6.07) is 5.35. The highest BCUT2D eigenvalue weighted by Crippen LogP contribution is 2.31. The van der Waals surface area contributed by atoms with E-state index in [4.69, 9.17) is 0 Å². The van der Waals surface area contributed by atoms with Crippen LogP contribution >= 0.6 is 0 Å². The van der Waals surface area contributed by atoms with E-state index in [2.05, 4.69) is 30.2 Å². The Morgan fingerprint density at radius 1 is 0.848 bits per heavy atom. The number of halogens is 6. The molecule has 4 heterocycles. The summed E-state index contributed by atoms with van der Waals surface area (Å²) in [5.41, 5.74) is -2.41. The van der Waals surface area contributed by atoms with Crippen LogP contribution in [0.3, 0.4) is 0 Å². The van der Waals surface area contributed by atoms with Crippen LogP contribution < -0.4 is 10.2 Å². The van der Waals surface area contributed by atoms with E-state index in [1.807, 2.05) is 12.2 Å². The molecule has 4 rings (SSSR count). The molecule has 33 heavy (non-hydrogen) atoms. The number of anilines is 3. The molecule has 172 valence electrons. The first-order chi connectivity index (χ1) is 15.6. The highest BCUT2D eigenvalue weighted by molar-refractivity contribution is 5.59. The maximum absolute atomic E-state index is 13.1. The van der Waals surface area contributed by atoms with Gasteiger partial charge in [0, 0.05) is 25.0 Å². The molecular formula is C20H15F6N7. The second-order valence-electron chi connectivity index (χ2n) is 6.95. The molecule has 13 heteroatoms. The number of nitrogens with zero attached hydrogens (tertiary/aromatic N) is 6. The van der Waals surface area contributed by atoms with E-state index >= 15 is 0 Å². The van der Waals surface area contributed by atoms with Crippen LogP contribution in [-0.4, -0.2) is 38.0 Å². The first-order valence-corrected chi connectivity index (χ1v) is 9.60. The summed E-state index contributed by atoms with van der Waals surface area (Å²) < 4.78 is 78.3. The van der Waals surface area contributed by atoms with Crippen molar-refractivity contribution in [2.45, 2.75) is 18.8 Å². The fraction of sp³-hybridized carbons (Fsp3) is 0.250. The average Bonchev–Trinajstić information content (AvgIpc) is 2.79. The van der Waals surface area contributed by atoms with Crippen molar-refractivity contribution < 1.29 is 26.3 Å². The Balaban J connectivity index is 1.75. The molecule has 7 nitrogen and oxygen atoms in total. The van der Waals surface area contributed by atoms with E-state index in [1.165, 1.54) is 18.2 Å². The van der Waals surface area contributed by atoms with Gasteiger partial charge in [0.05, 0.1) is 0 Å². The van der Waals surface area contributed by atoms with Gasteiger partial charge in [-0.25, -0.2) is 4.98 Å². The van der Waals surface area contributed by atoms with E-state index in [-0.39, 0.29) is 29.1 Å². The van der Waals surface area contributed by atoms with E-state index in [0.29, 0.717) is 19.5 Å². The Kier molecular flexibility index (Phi) is 5.87. The van der Waals surface area contributed by atoms with Crippen LogP contribution in [0.5, 0.6) is 0 Å². The van der Waals surface area contributed by atoms with Gasteiger partial charge in [0.15, 0.2) is 5.82 Å². The predicted molar refractivity (Wildman–Crippen MR) is 107 cm³/mol. The molecule has 0 spiro atoms. The van der Waals surface area contributed by atoms with Gasteiger partial charge in [-0.15, -0.1) is 0 Å². The fourth-order valence-electron chi connectivity index (χ4n) is 3.01. The lowest BCUT2D eigenvalue weighted by Gasteiger charge is -2.24. The number of hydrogen-bond donors (Lipinski definition) is 1. The molecule has 1 aliphatic rings. The first-order valence-electron chi connectivity index (χ1n) is 9.60. The molecule has 0 fully saturated rings. The lowest BCUT2D eigenvalue weighted by atomic mass is 10.2. The van der Waals surface area contributed by atoms with Gasteiger partial charge < -0.3 is 10.2 Å². The topological polar surface area (TPSA) is 79.7 Å². The van der Waals surface area contributed by atoms with Gasteiger partial charge in [0.2, 0.25) is 11.9 Å². The smallest absolute Gasteiger partial charge is 0.337 e. The van der Waals surface area contributed by atoms with Crippen molar-refractivity contribution in [1.29, 1.82) is 0 Å². The van der Waals surface area contributed by atoms with Gasteiger partial charge in [-0.05, 0) is 30.7 Å². The second kappa shape index (κ2) is 8.64. The van der Waals surface area contributed by atoms with Crippen LogP contribution in [0.15, 0.2) is 48.7 Å². The quantitative estimate of drug-likeness (QED) is 0.433.